The molecule has 0 unspecified atom stereocenters. The number of hydrogen-bond acceptors (Lipinski definition) is 3. The minimum atomic E-state index is -0.374. The number of halogens is 1. The zero-order valence-electron chi connectivity index (χ0n) is 12.3. The van der Waals surface area contributed by atoms with Crippen molar-refractivity contribution in [2.24, 2.45) is 0 Å². The maximum Gasteiger partial charge on any atom is 0.253 e. The smallest absolute Gasteiger partial charge is 0.253 e. The van der Waals surface area contributed by atoms with Gasteiger partial charge in [0, 0.05) is 33.1 Å². The molecular weight excluding hydrogens is 306 g/mol. The van der Waals surface area contributed by atoms with Crippen LogP contribution in [-0.2, 0) is 9.59 Å². The molecule has 1 aromatic rings. The fourth-order valence-electron chi connectivity index (χ4n) is 2.28. The number of carbonyl (C=O) groups excluding carboxylic acids is 3. The molecule has 0 aromatic heterocycles. The van der Waals surface area contributed by atoms with Gasteiger partial charge in [-0.1, -0.05) is 23.7 Å². The molecule has 0 spiro atoms. The van der Waals surface area contributed by atoms with E-state index in [4.69, 9.17) is 11.6 Å². The molecule has 22 heavy (non-hydrogen) atoms. The number of rotatable bonds is 3. The van der Waals surface area contributed by atoms with Gasteiger partial charge in [0.25, 0.3) is 5.91 Å². The Bertz CT molecular complexity index is 583. The molecule has 6 nitrogen and oxygen atoms in total. The van der Waals surface area contributed by atoms with Crippen molar-refractivity contribution >= 4 is 29.3 Å². The largest absolute Gasteiger partial charge is 0.343 e. The Hall–Kier alpha value is -2.08. The standard InChI is InChI=1S/C15H18ClN3O3/c1-11(20)18-6-8-19(9-7-18)14(21)10-17-15(22)12-4-2-3-5-13(12)16/h2-5H,6-10H2,1H3,(H,17,22). The van der Waals surface area contributed by atoms with Crippen molar-refractivity contribution in [1.82, 2.24) is 15.1 Å². The van der Waals surface area contributed by atoms with E-state index in [1.807, 2.05) is 0 Å². The molecule has 1 N–H and O–H groups in total. The molecule has 1 heterocycles. The van der Waals surface area contributed by atoms with Gasteiger partial charge in [-0.3, -0.25) is 14.4 Å². The lowest BCUT2D eigenvalue weighted by atomic mass is 10.2. The van der Waals surface area contributed by atoms with Crippen molar-refractivity contribution < 1.29 is 14.4 Å². The van der Waals surface area contributed by atoms with E-state index in [0.717, 1.165) is 0 Å². The van der Waals surface area contributed by atoms with Crippen LogP contribution in [0.25, 0.3) is 0 Å². The van der Waals surface area contributed by atoms with Gasteiger partial charge in [0.1, 0.15) is 0 Å². The van der Waals surface area contributed by atoms with Gasteiger partial charge in [-0.2, -0.15) is 0 Å². The van der Waals surface area contributed by atoms with Crippen molar-refractivity contribution in [3.63, 3.8) is 0 Å². The highest BCUT2D eigenvalue weighted by atomic mass is 35.5. The number of carbonyl (C=O) groups is 3. The summed E-state index contributed by atoms with van der Waals surface area (Å²) >= 11 is 5.94. The molecule has 1 saturated heterocycles. The van der Waals surface area contributed by atoms with Gasteiger partial charge in [-0.25, -0.2) is 0 Å². The number of piperazine rings is 1. The Labute approximate surface area is 134 Å². The summed E-state index contributed by atoms with van der Waals surface area (Å²) in [5.41, 5.74) is 0.346. The normalized spacial score (nSPS) is 14.6. The van der Waals surface area contributed by atoms with Crippen LogP contribution in [-0.4, -0.2) is 60.2 Å². The van der Waals surface area contributed by atoms with E-state index in [1.54, 1.807) is 34.1 Å². The number of amides is 3. The lowest BCUT2D eigenvalue weighted by Crippen LogP contribution is -2.52. The first-order valence-corrected chi connectivity index (χ1v) is 7.43. The molecule has 1 aliphatic rings. The molecule has 0 bridgehead atoms. The van der Waals surface area contributed by atoms with Gasteiger partial charge in [0.2, 0.25) is 11.8 Å². The Morgan fingerprint density at radius 1 is 1.09 bits per heavy atom. The Morgan fingerprint density at radius 3 is 2.27 bits per heavy atom. The van der Waals surface area contributed by atoms with Gasteiger partial charge < -0.3 is 15.1 Å². The molecule has 0 aliphatic carbocycles. The predicted octanol–water partition coefficient (Wildman–Crippen LogP) is 0.761. The molecule has 118 valence electrons. The SMILES string of the molecule is CC(=O)N1CCN(C(=O)CNC(=O)c2ccccc2Cl)CC1. The second kappa shape index (κ2) is 7.26. The van der Waals surface area contributed by atoms with Crippen LogP contribution in [0.1, 0.15) is 17.3 Å². The minimum absolute atomic E-state index is 0.0131. The summed E-state index contributed by atoms with van der Waals surface area (Å²) < 4.78 is 0. The van der Waals surface area contributed by atoms with Gasteiger partial charge in [-0.15, -0.1) is 0 Å². The number of nitrogens with one attached hydrogen (secondary N) is 1. The fraction of sp³-hybridized carbons (Fsp3) is 0.400. The van der Waals surface area contributed by atoms with Crippen LogP contribution in [0.15, 0.2) is 24.3 Å². The maximum absolute atomic E-state index is 12.1. The van der Waals surface area contributed by atoms with E-state index in [-0.39, 0.29) is 24.3 Å². The highest BCUT2D eigenvalue weighted by Crippen LogP contribution is 2.14. The summed E-state index contributed by atoms with van der Waals surface area (Å²) in [6.45, 7) is 3.46. The fourth-order valence-corrected chi connectivity index (χ4v) is 2.50. The van der Waals surface area contributed by atoms with Crippen molar-refractivity contribution in [1.29, 1.82) is 0 Å². The molecule has 3 amide bonds. The Balaban J connectivity index is 1.82. The zero-order valence-corrected chi connectivity index (χ0v) is 13.1. The minimum Gasteiger partial charge on any atom is -0.343 e. The van der Waals surface area contributed by atoms with Crippen LogP contribution in [0.5, 0.6) is 0 Å². The number of hydrogen-bond donors (Lipinski definition) is 1. The van der Waals surface area contributed by atoms with Crippen molar-refractivity contribution in [2.75, 3.05) is 32.7 Å². The van der Waals surface area contributed by atoms with Gasteiger partial charge in [-0.05, 0) is 12.1 Å². The second-order valence-electron chi connectivity index (χ2n) is 5.05. The summed E-state index contributed by atoms with van der Waals surface area (Å²) in [6, 6.07) is 6.68. The first kappa shape index (κ1) is 16.3. The third-order valence-corrected chi connectivity index (χ3v) is 3.93. The summed E-state index contributed by atoms with van der Waals surface area (Å²) in [7, 11) is 0. The molecule has 0 atom stereocenters. The summed E-state index contributed by atoms with van der Waals surface area (Å²) in [6.07, 6.45) is 0. The Morgan fingerprint density at radius 2 is 1.68 bits per heavy atom. The van der Waals surface area contributed by atoms with Crippen LogP contribution in [0, 0.1) is 0 Å². The summed E-state index contributed by atoms with van der Waals surface area (Å²) in [4.78, 5) is 38.6. The van der Waals surface area contributed by atoms with E-state index >= 15 is 0 Å². The van der Waals surface area contributed by atoms with Gasteiger partial charge >= 0.3 is 0 Å². The molecule has 7 heteroatoms. The average molecular weight is 324 g/mol. The van der Waals surface area contributed by atoms with E-state index in [2.05, 4.69) is 5.32 Å². The van der Waals surface area contributed by atoms with E-state index in [0.29, 0.717) is 36.8 Å². The first-order valence-electron chi connectivity index (χ1n) is 7.05. The molecule has 0 radical (unpaired) electrons. The van der Waals surface area contributed by atoms with Crippen LogP contribution in [0.4, 0.5) is 0 Å². The van der Waals surface area contributed by atoms with Crippen LogP contribution >= 0.6 is 11.6 Å². The van der Waals surface area contributed by atoms with Gasteiger partial charge in [0.15, 0.2) is 0 Å². The molecule has 0 saturated carbocycles. The van der Waals surface area contributed by atoms with Crippen LogP contribution < -0.4 is 5.32 Å². The zero-order chi connectivity index (χ0) is 16.1. The van der Waals surface area contributed by atoms with Crippen molar-refractivity contribution in [3.8, 4) is 0 Å². The molecule has 1 aromatic carbocycles. The number of benzene rings is 1. The summed E-state index contributed by atoms with van der Waals surface area (Å²) in [5.74, 6) is -0.524. The Kier molecular flexibility index (Phi) is 5.38. The monoisotopic (exact) mass is 323 g/mol. The quantitative estimate of drug-likeness (QED) is 0.893. The molecule has 1 fully saturated rings. The predicted molar refractivity (Wildman–Crippen MR) is 82.6 cm³/mol. The second-order valence-corrected chi connectivity index (χ2v) is 5.46. The molecule has 1 aliphatic heterocycles. The lowest BCUT2D eigenvalue weighted by Gasteiger charge is -2.34. The lowest BCUT2D eigenvalue weighted by molar-refractivity contribution is -0.137. The topological polar surface area (TPSA) is 69.7 Å². The van der Waals surface area contributed by atoms with Crippen molar-refractivity contribution in [3.05, 3.63) is 34.9 Å². The summed E-state index contributed by atoms with van der Waals surface area (Å²) in [5, 5.41) is 2.93. The van der Waals surface area contributed by atoms with Crippen LogP contribution in [0.2, 0.25) is 5.02 Å². The highest BCUT2D eigenvalue weighted by molar-refractivity contribution is 6.33. The highest BCUT2D eigenvalue weighted by Gasteiger charge is 2.22. The van der Waals surface area contributed by atoms with E-state index < -0.39 is 0 Å². The van der Waals surface area contributed by atoms with Gasteiger partial charge in [0.05, 0.1) is 17.1 Å². The molecule has 2 rings (SSSR count). The third-order valence-electron chi connectivity index (χ3n) is 3.60. The number of nitrogens with zero attached hydrogens (tertiary/aromatic N) is 2. The first-order chi connectivity index (χ1) is 10.5. The molecular formula is C15H18ClN3O3. The average Bonchev–Trinajstić information content (AvgIpc) is 2.52. The maximum atomic E-state index is 12.1. The van der Waals surface area contributed by atoms with E-state index in [9.17, 15) is 14.4 Å². The van der Waals surface area contributed by atoms with Crippen molar-refractivity contribution in [2.45, 2.75) is 6.92 Å². The third kappa shape index (κ3) is 3.98. The van der Waals surface area contributed by atoms with E-state index in [1.165, 1.54) is 6.92 Å². The van der Waals surface area contributed by atoms with Crippen LogP contribution in [0.3, 0.4) is 0 Å².